The molecular formula is C7H15O4PS. The van der Waals surface area contributed by atoms with Gasteiger partial charge in [-0.25, -0.2) is 0 Å². The second kappa shape index (κ2) is 5.37. The Bertz CT molecular complexity index is 193. The molecule has 0 N–H and O–H groups in total. The average Bonchev–Trinajstić information content (AvgIpc) is 2.52. The third kappa shape index (κ3) is 4.47. The van der Waals surface area contributed by atoms with Crippen LogP contribution in [-0.2, 0) is 18.6 Å². The van der Waals surface area contributed by atoms with E-state index < -0.39 is 7.37 Å². The first-order valence-corrected chi connectivity index (χ1v) is 7.50. The molecular weight excluding hydrogens is 211 g/mol. The molecule has 0 amide bonds. The van der Waals surface area contributed by atoms with Crippen LogP contribution in [0.25, 0.3) is 0 Å². The van der Waals surface area contributed by atoms with Crippen LogP contribution in [-0.4, -0.2) is 37.6 Å². The van der Waals surface area contributed by atoms with E-state index in [1.165, 1.54) is 0 Å². The first kappa shape index (κ1) is 11.5. The second-order valence-corrected chi connectivity index (χ2v) is 6.43. The molecule has 1 heterocycles. The molecule has 0 bridgehead atoms. The molecule has 0 aromatic carbocycles. The first-order chi connectivity index (χ1) is 6.14. The van der Waals surface area contributed by atoms with Gasteiger partial charge in [-0.05, 0) is 6.92 Å². The fourth-order valence-corrected chi connectivity index (χ4v) is 2.81. The summed E-state index contributed by atoms with van der Waals surface area (Å²) >= 11 is 1.58. The van der Waals surface area contributed by atoms with E-state index in [1.54, 1.807) is 18.4 Å². The summed E-state index contributed by atoms with van der Waals surface area (Å²) in [5.74, 6) is 0.938. The van der Waals surface area contributed by atoms with E-state index in [-0.39, 0.29) is 12.0 Å². The van der Waals surface area contributed by atoms with E-state index in [2.05, 4.69) is 0 Å². The zero-order valence-electron chi connectivity index (χ0n) is 7.89. The average molecular weight is 226 g/mol. The van der Waals surface area contributed by atoms with Crippen LogP contribution in [0.3, 0.4) is 0 Å². The molecule has 0 radical (unpaired) electrons. The SMILES string of the molecule is CCOP(C)(=O)COC1OCCS1. The highest BCUT2D eigenvalue weighted by Crippen LogP contribution is 2.43. The van der Waals surface area contributed by atoms with E-state index in [9.17, 15) is 4.57 Å². The van der Waals surface area contributed by atoms with E-state index in [4.69, 9.17) is 14.0 Å². The standard InChI is InChI=1S/C7H15O4PS/c1-3-11-12(2,8)6-10-7-9-4-5-13-7/h7H,3-6H2,1-2H3. The Kier molecular flexibility index (Phi) is 4.76. The topological polar surface area (TPSA) is 44.8 Å². The summed E-state index contributed by atoms with van der Waals surface area (Å²) in [5.41, 5.74) is -0.256. The summed E-state index contributed by atoms with van der Waals surface area (Å²) in [4.78, 5) is 0. The second-order valence-electron chi connectivity index (χ2n) is 2.76. The zero-order valence-corrected chi connectivity index (χ0v) is 9.61. The Morgan fingerprint density at radius 1 is 1.69 bits per heavy atom. The van der Waals surface area contributed by atoms with Crippen molar-refractivity contribution >= 4 is 19.1 Å². The largest absolute Gasteiger partial charge is 0.343 e. The molecule has 0 aromatic heterocycles. The van der Waals surface area contributed by atoms with Crippen LogP contribution in [0.2, 0.25) is 0 Å². The van der Waals surface area contributed by atoms with Crippen molar-refractivity contribution in [2.24, 2.45) is 0 Å². The molecule has 6 heteroatoms. The number of rotatable bonds is 5. The number of ether oxygens (including phenoxy) is 2. The molecule has 0 aromatic rings. The predicted molar refractivity (Wildman–Crippen MR) is 53.3 cm³/mol. The van der Waals surface area contributed by atoms with Crippen molar-refractivity contribution in [1.82, 2.24) is 0 Å². The van der Waals surface area contributed by atoms with Crippen LogP contribution in [0.4, 0.5) is 0 Å². The van der Waals surface area contributed by atoms with Crippen molar-refractivity contribution < 1.29 is 18.6 Å². The minimum absolute atomic E-state index is 0.137. The maximum atomic E-state index is 11.6. The van der Waals surface area contributed by atoms with Gasteiger partial charge in [-0.15, -0.1) is 0 Å². The van der Waals surface area contributed by atoms with Gasteiger partial charge in [-0.2, -0.15) is 0 Å². The molecule has 1 rings (SSSR count). The highest BCUT2D eigenvalue weighted by molar-refractivity contribution is 7.99. The highest BCUT2D eigenvalue weighted by atomic mass is 32.2. The Morgan fingerprint density at radius 2 is 2.46 bits per heavy atom. The summed E-state index contributed by atoms with van der Waals surface area (Å²) in [5, 5.41) is 0. The summed E-state index contributed by atoms with van der Waals surface area (Å²) < 4.78 is 27.1. The Hall–Kier alpha value is 0.460. The number of hydrogen-bond donors (Lipinski definition) is 0. The molecule has 13 heavy (non-hydrogen) atoms. The molecule has 1 saturated heterocycles. The summed E-state index contributed by atoms with van der Waals surface area (Å²) in [6.45, 7) is 4.56. The lowest BCUT2D eigenvalue weighted by atomic mass is 10.9. The Labute approximate surface area is 82.8 Å². The van der Waals surface area contributed by atoms with Crippen LogP contribution < -0.4 is 0 Å². The van der Waals surface area contributed by atoms with Gasteiger partial charge in [0.2, 0.25) is 13.0 Å². The lowest BCUT2D eigenvalue weighted by molar-refractivity contribution is -0.0534. The molecule has 1 fully saturated rings. The monoisotopic (exact) mass is 226 g/mol. The lowest BCUT2D eigenvalue weighted by Gasteiger charge is -2.15. The minimum atomic E-state index is -2.56. The van der Waals surface area contributed by atoms with E-state index in [0.29, 0.717) is 13.2 Å². The van der Waals surface area contributed by atoms with Crippen molar-refractivity contribution in [3.05, 3.63) is 0 Å². The molecule has 4 nitrogen and oxygen atoms in total. The third-order valence-corrected chi connectivity index (χ3v) is 3.81. The van der Waals surface area contributed by atoms with Crippen molar-refractivity contribution in [2.75, 3.05) is 32.0 Å². The molecule has 0 spiro atoms. The zero-order chi connectivity index (χ0) is 9.73. The molecule has 1 aliphatic rings. The van der Waals surface area contributed by atoms with Crippen LogP contribution in [0.15, 0.2) is 0 Å². The van der Waals surface area contributed by atoms with Gasteiger partial charge in [0.05, 0.1) is 13.2 Å². The van der Waals surface area contributed by atoms with Gasteiger partial charge in [-0.1, -0.05) is 11.8 Å². The maximum absolute atomic E-state index is 11.6. The van der Waals surface area contributed by atoms with Crippen molar-refractivity contribution in [1.29, 1.82) is 0 Å². The van der Waals surface area contributed by atoms with Crippen LogP contribution in [0.1, 0.15) is 6.92 Å². The van der Waals surface area contributed by atoms with E-state index in [0.717, 1.165) is 5.75 Å². The van der Waals surface area contributed by atoms with Gasteiger partial charge in [0.1, 0.15) is 6.35 Å². The van der Waals surface area contributed by atoms with Gasteiger partial charge in [0.25, 0.3) is 0 Å². The van der Waals surface area contributed by atoms with E-state index >= 15 is 0 Å². The molecule has 0 aliphatic carbocycles. The molecule has 2 atom stereocenters. The maximum Gasteiger partial charge on any atom is 0.225 e. The normalized spacial score (nSPS) is 27.4. The summed E-state index contributed by atoms with van der Waals surface area (Å²) in [6, 6.07) is 0. The smallest absolute Gasteiger partial charge is 0.225 e. The fraction of sp³-hybridized carbons (Fsp3) is 1.00. The first-order valence-electron chi connectivity index (χ1n) is 4.20. The van der Waals surface area contributed by atoms with Gasteiger partial charge in [0.15, 0.2) is 0 Å². The molecule has 0 saturated carbocycles. The van der Waals surface area contributed by atoms with Gasteiger partial charge >= 0.3 is 0 Å². The lowest BCUT2D eigenvalue weighted by Crippen LogP contribution is -2.09. The molecule has 2 unspecified atom stereocenters. The van der Waals surface area contributed by atoms with Crippen molar-refractivity contribution in [2.45, 2.75) is 12.5 Å². The highest BCUT2D eigenvalue weighted by Gasteiger charge is 2.22. The predicted octanol–water partition coefficient (Wildman–Crippen LogP) is 1.95. The summed E-state index contributed by atoms with van der Waals surface area (Å²) in [6.07, 6.45) is 0.137. The number of hydrogen-bond acceptors (Lipinski definition) is 5. The fourth-order valence-electron chi connectivity index (χ4n) is 0.940. The Balaban J connectivity index is 2.20. The third-order valence-electron chi connectivity index (χ3n) is 1.44. The number of thioether (sulfide) groups is 1. The van der Waals surface area contributed by atoms with E-state index in [1.807, 2.05) is 6.92 Å². The van der Waals surface area contributed by atoms with Crippen molar-refractivity contribution in [3.8, 4) is 0 Å². The van der Waals surface area contributed by atoms with Gasteiger partial charge < -0.3 is 14.0 Å². The van der Waals surface area contributed by atoms with Gasteiger partial charge in [0, 0.05) is 12.4 Å². The Morgan fingerprint density at radius 3 is 3.00 bits per heavy atom. The molecule has 1 aliphatic heterocycles. The van der Waals surface area contributed by atoms with Crippen LogP contribution >= 0.6 is 19.1 Å². The van der Waals surface area contributed by atoms with Gasteiger partial charge in [-0.3, -0.25) is 4.57 Å². The van der Waals surface area contributed by atoms with Crippen molar-refractivity contribution in [3.63, 3.8) is 0 Å². The minimum Gasteiger partial charge on any atom is -0.343 e. The van der Waals surface area contributed by atoms with Crippen LogP contribution in [0, 0.1) is 0 Å². The molecule has 78 valence electrons. The quantitative estimate of drug-likeness (QED) is 0.670. The van der Waals surface area contributed by atoms with Crippen LogP contribution in [0.5, 0.6) is 0 Å². The summed E-state index contributed by atoms with van der Waals surface area (Å²) in [7, 11) is -2.56.